The number of hydrogen-bond donors (Lipinski definition) is 1. The predicted molar refractivity (Wildman–Crippen MR) is 83.0 cm³/mol. The van der Waals surface area contributed by atoms with Crippen molar-refractivity contribution in [2.24, 2.45) is 0 Å². The molecule has 0 aromatic heterocycles. The van der Waals surface area contributed by atoms with Crippen LogP contribution in [0.15, 0.2) is 23.1 Å². The van der Waals surface area contributed by atoms with Crippen molar-refractivity contribution in [1.82, 2.24) is 9.62 Å². The lowest BCUT2D eigenvalue weighted by Crippen LogP contribution is -2.38. The Kier molecular flexibility index (Phi) is 5.75. The molecular weight excluding hydrogens is 288 g/mol. The zero-order valence-corrected chi connectivity index (χ0v) is 13.6. The van der Waals surface area contributed by atoms with Crippen LogP contribution in [0, 0.1) is 13.8 Å². The molecule has 118 valence electrons. The first kappa shape index (κ1) is 16.4. The maximum atomic E-state index is 12.2. The highest BCUT2D eigenvalue weighted by molar-refractivity contribution is 7.89. The molecule has 2 rings (SSSR count). The molecule has 0 bridgehead atoms. The molecule has 21 heavy (non-hydrogen) atoms. The van der Waals surface area contributed by atoms with Gasteiger partial charge in [-0.1, -0.05) is 6.07 Å². The van der Waals surface area contributed by atoms with Crippen molar-refractivity contribution >= 4 is 10.0 Å². The van der Waals surface area contributed by atoms with Gasteiger partial charge in [-0.25, -0.2) is 13.1 Å². The Hall–Kier alpha value is -0.950. The van der Waals surface area contributed by atoms with Crippen molar-refractivity contribution in [2.75, 3.05) is 39.4 Å². The molecule has 0 saturated carbocycles. The van der Waals surface area contributed by atoms with E-state index in [0.717, 1.165) is 50.4 Å². The number of morpholine rings is 1. The van der Waals surface area contributed by atoms with Crippen LogP contribution in [-0.2, 0) is 14.8 Å². The SMILES string of the molecule is Cc1ccc(S(=O)(=O)NCCCN2CCOCC2)cc1C. The highest BCUT2D eigenvalue weighted by atomic mass is 32.2. The van der Waals surface area contributed by atoms with Gasteiger partial charge in [-0.15, -0.1) is 0 Å². The molecule has 1 saturated heterocycles. The zero-order valence-electron chi connectivity index (χ0n) is 12.8. The van der Waals surface area contributed by atoms with Gasteiger partial charge in [0.25, 0.3) is 0 Å². The van der Waals surface area contributed by atoms with Gasteiger partial charge in [0.05, 0.1) is 18.1 Å². The summed E-state index contributed by atoms with van der Waals surface area (Å²) >= 11 is 0. The van der Waals surface area contributed by atoms with Gasteiger partial charge in [-0.2, -0.15) is 0 Å². The molecule has 0 amide bonds. The van der Waals surface area contributed by atoms with Gasteiger partial charge in [0.2, 0.25) is 10.0 Å². The second-order valence-electron chi connectivity index (χ2n) is 5.45. The molecule has 1 fully saturated rings. The maximum Gasteiger partial charge on any atom is 0.240 e. The summed E-state index contributed by atoms with van der Waals surface area (Å²) in [5.74, 6) is 0. The van der Waals surface area contributed by atoms with Gasteiger partial charge < -0.3 is 4.74 Å². The van der Waals surface area contributed by atoms with E-state index in [4.69, 9.17) is 4.74 Å². The Morgan fingerprint density at radius 1 is 1.19 bits per heavy atom. The lowest BCUT2D eigenvalue weighted by Gasteiger charge is -2.26. The maximum absolute atomic E-state index is 12.2. The fraction of sp³-hybridized carbons (Fsp3) is 0.600. The Labute approximate surface area is 127 Å². The van der Waals surface area contributed by atoms with Crippen LogP contribution in [0.3, 0.4) is 0 Å². The van der Waals surface area contributed by atoms with Gasteiger partial charge in [0.15, 0.2) is 0 Å². The van der Waals surface area contributed by atoms with E-state index < -0.39 is 10.0 Å². The topological polar surface area (TPSA) is 58.6 Å². The molecule has 1 aliphatic heterocycles. The van der Waals surface area contributed by atoms with E-state index in [2.05, 4.69) is 9.62 Å². The number of hydrogen-bond acceptors (Lipinski definition) is 4. The summed E-state index contributed by atoms with van der Waals surface area (Å²) in [5, 5.41) is 0. The Balaban J connectivity index is 1.82. The van der Waals surface area contributed by atoms with Crippen molar-refractivity contribution in [3.05, 3.63) is 29.3 Å². The van der Waals surface area contributed by atoms with E-state index in [-0.39, 0.29) is 0 Å². The predicted octanol–water partition coefficient (Wildman–Crippen LogP) is 1.30. The standard InChI is InChI=1S/C15H24N2O3S/c1-13-4-5-15(12-14(13)2)21(18,19)16-6-3-7-17-8-10-20-11-9-17/h4-5,12,16H,3,6-11H2,1-2H3. The molecule has 1 N–H and O–H groups in total. The van der Waals surface area contributed by atoms with Crippen molar-refractivity contribution in [3.8, 4) is 0 Å². The Bertz CT molecular complexity index is 566. The Morgan fingerprint density at radius 2 is 1.90 bits per heavy atom. The highest BCUT2D eigenvalue weighted by Gasteiger charge is 2.15. The number of benzene rings is 1. The van der Waals surface area contributed by atoms with Crippen molar-refractivity contribution in [1.29, 1.82) is 0 Å². The second kappa shape index (κ2) is 7.35. The van der Waals surface area contributed by atoms with E-state index in [9.17, 15) is 8.42 Å². The average Bonchev–Trinajstić information content (AvgIpc) is 2.47. The minimum Gasteiger partial charge on any atom is -0.379 e. The van der Waals surface area contributed by atoms with Crippen molar-refractivity contribution < 1.29 is 13.2 Å². The van der Waals surface area contributed by atoms with Crippen LogP contribution in [0.5, 0.6) is 0 Å². The first-order valence-electron chi connectivity index (χ1n) is 7.36. The van der Waals surface area contributed by atoms with E-state index in [1.54, 1.807) is 12.1 Å². The number of sulfonamides is 1. The number of nitrogens with one attached hydrogen (secondary N) is 1. The molecular formula is C15H24N2O3S. The van der Waals surface area contributed by atoms with E-state index in [0.29, 0.717) is 11.4 Å². The van der Waals surface area contributed by atoms with Crippen LogP contribution < -0.4 is 4.72 Å². The normalized spacial score (nSPS) is 17.0. The fourth-order valence-corrected chi connectivity index (χ4v) is 3.46. The first-order chi connectivity index (χ1) is 9.99. The van der Waals surface area contributed by atoms with Gasteiger partial charge in [-0.05, 0) is 50.1 Å². The van der Waals surface area contributed by atoms with Crippen LogP contribution in [0.1, 0.15) is 17.5 Å². The zero-order chi connectivity index (χ0) is 15.3. The van der Waals surface area contributed by atoms with Gasteiger partial charge in [-0.3, -0.25) is 4.90 Å². The number of aryl methyl sites for hydroxylation is 2. The molecule has 0 radical (unpaired) electrons. The summed E-state index contributed by atoms with van der Waals surface area (Å²) in [6, 6.07) is 5.23. The highest BCUT2D eigenvalue weighted by Crippen LogP contribution is 2.14. The lowest BCUT2D eigenvalue weighted by atomic mass is 10.1. The summed E-state index contributed by atoms with van der Waals surface area (Å²) in [7, 11) is -3.40. The van der Waals surface area contributed by atoms with Crippen LogP contribution >= 0.6 is 0 Å². The Morgan fingerprint density at radius 3 is 2.57 bits per heavy atom. The molecule has 1 aromatic carbocycles. The molecule has 1 aromatic rings. The van der Waals surface area contributed by atoms with Crippen LogP contribution in [0.25, 0.3) is 0 Å². The van der Waals surface area contributed by atoms with Crippen LogP contribution in [0.4, 0.5) is 0 Å². The molecule has 0 atom stereocenters. The minimum absolute atomic E-state index is 0.344. The van der Waals surface area contributed by atoms with Crippen LogP contribution in [-0.4, -0.2) is 52.7 Å². The molecule has 0 unspecified atom stereocenters. The van der Waals surface area contributed by atoms with Crippen LogP contribution in [0.2, 0.25) is 0 Å². The van der Waals surface area contributed by atoms with E-state index >= 15 is 0 Å². The van der Waals surface area contributed by atoms with E-state index in [1.807, 2.05) is 19.9 Å². The third-order valence-electron chi connectivity index (χ3n) is 3.84. The third kappa shape index (κ3) is 4.78. The number of nitrogens with zero attached hydrogens (tertiary/aromatic N) is 1. The third-order valence-corrected chi connectivity index (χ3v) is 5.29. The summed E-state index contributed by atoms with van der Waals surface area (Å²) in [5.41, 5.74) is 2.09. The van der Waals surface area contributed by atoms with E-state index in [1.165, 1.54) is 0 Å². The average molecular weight is 312 g/mol. The van der Waals surface area contributed by atoms with Crippen molar-refractivity contribution in [3.63, 3.8) is 0 Å². The monoisotopic (exact) mass is 312 g/mol. The largest absolute Gasteiger partial charge is 0.379 e. The molecule has 0 aliphatic carbocycles. The van der Waals surface area contributed by atoms with Gasteiger partial charge >= 0.3 is 0 Å². The molecule has 6 heteroatoms. The lowest BCUT2D eigenvalue weighted by molar-refractivity contribution is 0.0376. The summed E-state index contributed by atoms with van der Waals surface area (Å²) in [6.45, 7) is 8.68. The fourth-order valence-electron chi connectivity index (χ4n) is 2.30. The molecule has 1 heterocycles. The first-order valence-corrected chi connectivity index (χ1v) is 8.84. The summed E-state index contributed by atoms with van der Waals surface area (Å²) in [6.07, 6.45) is 0.810. The van der Waals surface area contributed by atoms with Gasteiger partial charge in [0.1, 0.15) is 0 Å². The number of ether oxygens (including phenoxy) is 1. The smallest absolute Gasteiger partial charge is 0.240 e. The summed E-state index contributed by atoms with van der Waals surface area (Å²) < 4.78 is 32.4. The molecule has 1 aliphatic rings. The minimum atomic E-state index is -3.40. The summed E-state index contributed by atoms with van der Waals surface area (Å²) in [4.78, 5) is 2.64. The molecule has 0 spiro atoms. The molecule has 5 nitrogen and oxygen atoms in total. The number of rotatable bonds is 6. The second-order valence-corrected chi connectivity index (χ2v) is 7.22. The van der Waals surface area contributed by atoms with Crippen molar-refractivity contribution in [2.45, 2.75) is 25.2 Å². The van der Waals surface area contributed by atoms with Gasteiger partial charge in [0, 0.05) is 19.6 Å². The quantitative estimate of drug-likeness (QED) is 0.805.